The number of halogens is 2. The Morgan fingerprint density at radius 1 is 1.05 bits per heavy atom. The number of carbonyl (C=O) groups excluding carboxylic acids is 1. The van der Waals surface area contributed by atoms with E-state index in [-0.39, 0.29) is 48.0 Å². The lowest BCUT2D eigenvalue weighted by atomic mass is 9.97. The normalized spacial score (nSPS) is 19.4. The molecule has 2 N–H and O–H groups in total. The number of fused-ring (bicyclic) bond motifs is 3. The highest BCUT2D eigenvalue weighted by atomic mass is 32.1. The summed E-state index contributed by atoms with van der Waals surface area (Å²) in [4.78, 5) is 29.9. The van der Waals surface area contributed by atoms with E-state index in [0.717, 1.165) is 15.8 Å². The Bertz CT molecular complexity index is 1460. The molecule has 5 heterocycles. The van der Waals surface area contributed by atoms with Crippen LogP contribution < -0.4 is 9.80 Å². The van der Waals surface area contributed by atoms with Gasteiger partial charge in [0.2, 0.25) is 5.95 Å². The number of aromatic hydroxyl groups is 2. The number of hydrogen-bond acceptors (Lipinski definition) is 10. The van der Waals surface area contributed by atoms with Crippen LogP contribution in [0.2, 0.25) is 0 Å². The van der Waals surface area contributed by atoms with Gasteiger partial charge in [0.25, 0.3) is 5.91 Å². The van der Waals surface area contributed by atoms with Gasteiger partial charge in [-0.2, -0.15) is 13.8 Å². The zero-order valence-electron chi connectivity index (χ0n) is 22.3. The standard InChI is InChI=1S/C27H31F2N5O5S/c1-15(2)17-11-18(20(36)12-19(17)35)25(37)33-4-3-16-21(13-33)40-24-22(16)23(32-5-8-38-9-6-32)30-26(31-24)34-7-10-39-27(28,29)14-34/h11-12,15,35-36H,3-10,13-14H2,1-2H3. The number of phenolic OH excluding ortho intramolecular Hbond substituents is 2. The molecule has 13 heteroatoms. The number of anilines is 2. The molecule has 0 aliphatic carbocycles. The van der Waals surface area contributed by atoms with Crippen molar-refractivity contribution in [2.45, 2.75) is 38.8 Å². The lowest BCUT2D eigenvalue weighted by Crippen LogP contribution is -2.47. The maximum absolute atomic E-state index is 14.1. The minimum Gasteiger partial charge on any atom is -0.508 e. The number of alkyl halides is 2. The molecular formula is C27H31F2N5O5S. The number of nitrogens with zero attached hydrogens (tertiary/aromatic N) is 5. The molecule has 0 radical (unpaired) electrons. The van der Waals surface area contributed by atoms with E-state index in [4.69, 9.17) is 14.7 Å². The molecule has 1 aromatic carbocycles. The molecule has 10 nitrogen and oxygen atoms in total. The summed E-state index contributed by atoms with van der Waals surface area (Å²) < 4.78 is 38.3. The van der Waals surface area contributed by atoms with Gasteiger partial charge in [-0.15, -0.1) is 11.3 Å². The monoisotopic (exact) mass is 575 g/mol. The van der Waals surface area contributed by atoms with Crippen LogP contribution in [0.1, 0.15) is 46.1 Å². The SMILES string of the molecule is CC(C)c1cc(C(=O)N2CCc3c(sc4nc(N5CCOC(F)(F)C5)nc(N5CCOCC5)c34)C2)c(O)cc1O. The van der Waals surface area contributed by atoms with Crippen molar-refractivity contribution < 1.29 is 33.3 Å². The summed E-state index contributed by atoms with van der Waals surface area (Å²) >= 11 is 1.44. The van der Waals surface area contributed by atoms with Gasteiger partial charge in [0.1, 0.15) is 28.7 Å². The van der Waals surface area contributed by atoms with E-state index < -0.39 is 12.7 Å². The van der Waals surface area contributed by atoms with Gasteiger partial charge in [-0.25, -0.2) is 4.98 Å². The first-order valence-electron chi connectivity index (χ1n) is 13.4. The second-order valence-corrected chi connectivity index (χ2v) is 11.7. The third-order valence-electron chi connectivity index (χ3n) is 7.60. The highest BCUT2D eigenvalue weighted by Crippen LogP contribution is 2.41. The predicted molar refractivity (Wildman–Crippen MR) is 146 cm³/mol. The Balaban J connectivity index is 1.37. The molecule has 2 fully saturated rings. The van der Waals surface area contributed by atoms with Gasteiger partial charge in [-0.3, -0.25) is 4.79 Å². The van der Waals surface area contributed by atoms with Crippen molar-refractivity contribution in [2.75, 3.05) is 62.3 Å². The van der Waals surface area contributed by atoms with Crippen LogP contribution in [-0.4, -0.2) is 89.6 Å². The Morgan fingerprint density at radius 3 is 2.52 bits per heavy atom. The zero-order chi connectivity index (χ0) is 28.2. The van der Waals surface area contributed by atoms with Gasteiger partial charge in [-0.05, 0) is 29.5 Å². The molecule has 1 amide bonds. The third-order valence-corrected chi connectivity index (χ3v) is 8.71. The lowest BCUT2D eigenvalue weighted by molar-refractivity contribution is -0.240. The summed E-state index contributed by atoms with van der Waals surface area (Å²) in [5.74, 6) is 0.282. The molecule has 40 heavy (non-hydrogen) atoms. The maximum Gasteiger partial charge on any atom is 0.373 e. The topological polar surface area (TPSA) is 111 Å². The van der Waals surface area contributed by atoms with Gasteiger partial charge in [-0.1, -0.05) is 13.8 Å². The first-order valence-corrected chi connectivity index (χ1v) is 14.2. The van der Waals surface area contributed by atoms with Gasteiger partial charge in [0.05, 0.1) is 37.3 Å². The van der Waals surface area contributed by atoms with Crippen LogP contribution >= 0.6 is 11.3 Å². The van der Waals surface area contributed by atoms with E-state index in [0.29, 0.717) is 62.0 Å². The fourth-order valence-electron chi connectivity index (χ4n) is 5.50. The number of rotatable bonds is 4. The third kappa shape index (κ3) is 4.90. The van der Waals surface area contributed by atoms with Crippen molar-refractivity contribution in [1.82, 2.24) is 14.9 Å². The molecule has 3 aliphatic heterocycles. The molecule has 3 aliphatic rings. The predicted octanol–water partition coefficient (Wildman–Crippen LogP) is 3.69. The van der Waals surface area contributed by atoms with Crippen molar-refractivity contribution in [2.24, 2.45) is 0 Å². The van der Waals surface area contributed by atoms with E-state index in [1.54, 1.807) is 11.0 Å². The number of hydrogen-bond donors (Lipinski definition) is 2. The van der Waals surface area contributed by atoms with E-state index >= 15 is 0 Å². The van der Waals surface area contributed by atoms with E-state index in [1.165, 1.54) is 22.3 Å². The summed E-state index contributed by atoms with van der Waals surface area (Å²) in [5.41, 5.74) is 1.80. The molecule has 0 bridgehead atoms. The molecule has 3 aromatic rings. The largest absolute Gasteiger partial charge is 0.508 e. The van der Waals surface area contributed by atoms with Gasteiger partial charge < -0.3 is 34.4 Å². The fraction of sp³-hybridized carbons (Fsp3) is 0.519. The van der Waals surface area contributed by atoms with Gasteiger partial charge >= 0.3 is 6.11 Å². The second kappa shape index (κ2) is 10.3. The number of ether oxygens (including phenoxy) is 2. The smallest absolute Gasteiger partial charge is 0.373 e. The summed E-state index contributed by atoms with van der Waals surface area (Å²) in [5, 5.41) is 21.6. The molecule has 2 aromatic heterocycles. The van der Waals surface area contributed by atoms with Crippen LogP contribution in [0.4, 0.5) is 20.5 Å². The highest BCUT2D eigenvalue weighted by Gasteiger charge is 2.39. The molecular weight excluding hydrogens is 544 g/mol. The molecule has 0 atom stereocenters. The fourth-order valence-corrected chi connectivity index (χ4v) is 6.73. The molecule has 2 saturated heterocycles. The Morgan fingerprint density at radius 2 is 1.80 bits per heavy atom. The second-order valence-electron chi connectivity index (χ2n) is 10.6. The van der Waals surface area contributed by atoms with E-state index in [9.17, 15) is 23.8 Å². The average molecular weight is 576 g/mol. The number of morpholine rings is 2. The Labute approximate surface area is 233 Å². The average Bonchev–Trinajstić information content (AvgIpc) is 3.29. The van der Waals surface area contributed by atoms with Crippen LogP contribution in [0.25, 0.3) is 10.2 Å². The van der Waals surface area contributed by atoms with Crippen molar-refractivity contribution in [3.63, 3.8) is 0 Å². The van der Waals surface area contributed by atoms with Crippen LogP contribution in [0.5, 0.6) is 11.5 Å². The summed E-state index contributed by atoms with van der Waals surface area (Å²) in [7, 11) is 0. The summed E-state index contributed by atoms with van der Waals surface area (Å²) in [6.45, 7) is 6.40. The zero-order valence-corrected chi connectivity index (χ0v) is 23.1. The van der Waals surface area contributed by atoms with Crippen LogP contribution in [0.3, 0.4) is 0 Å². The number of aromatic nitrogens is 2. The van der Waals surface area contributed by atoms with Gasteiger partial charge in [0.15, 0.2) is 0 Å². The number of phenols is 2. The lowest BCUT2D eigenvalue weighted by Gasteiger charge is -2.34. The molecule has 0 unspecified atom stereocenters. The van der Waals surface area contributed by atoms with Crippen molar-refractivity contribution in [3.05, 3.63) is 33.7 Å². The number of amides is 1. The quantitative estimate of drug-likeness (QED) is 0.481. The number of carbonyl (C=O) groups is 1. The Hall–Kier alpha value is -3.29. The van der Waals surface area contributed by atoms with Crippen LogP contribution in [0.15, 0.2) is 12.1 Å². The maximum atomic E-state index is 14.1. The van der Waals surface area contributed by atoms with Crippen molar-refractivity contribution in [1.29, 1.82) is 0 Å². The molecule has 6 rings (SSSR count). The number of benzene rings is 1. The van der Waals surface area contributed by atoms with Gasteiger partial charge in [0, 0.05) is 37.1 Å². The van der Waals surface area contributed by atoms with Crippen LogP contribution in [0, 0.1) is 0 Å². The van der Waals surface area contributed by atoms with Crippen molar-refractivity contribution in [3.8, 4) is 11.5 Å². The molecule has 214 valence electrons. The minimum atomic E-state index is -3.28. The molecule has 0 saturated carbocycles. The minimum absolute atomic E-state index is 0.0273. The first kappa shape index (κ1) is 26.9. The first-order chi connectivity index (χ1) is 19.1. The van der Waals surface area contributed by atoms with E-state index in [2.05, 4.69) is 9.64 Å². The molecule has 0 spiro atoms. The highest BCUT2D eigenvalue weighted by molar-refractivity contribution is 7.19. The number of thiophene rings is 1. The van der Waals surface area contributed by atoms with Crippen molar-refractivity contribution >= 4 is 39.2 Å². The summed E-state index contributed by atoms with van der Waals surface area (Å²) in [6, 6.07) is 2.78. The summed E-state index contributed by atoms with van der Waals surface area (Å²) in [6.07, 6.45) is -2.72. The van der Waals surface area contributed by atoms with Crippen LogP contribution in [-0.2, 0) is 22.4 Å². The Kier molecular flexibility index (Phi) is 6.91. The van der Waals surface area contributed by atoms with E-state index in [1.807, 2.05) is 13.8 Å².